The molecule has 10 heteroatoms. The molecule has 0 radical (unpaired) electrons. The Morgan fingerprint density at radius 2 is 1.82 bits per heavy atom. The van der Waals surface area contributed by atoms with Gasteiger partial charge in [-0.15, -0.1) is 11.3 Å². The van der Waals surface area contributed by atoms with Gasteiger partial charge in [0.2, 0.25) is 11.9 Å². The van der Waals surface area contributed by atoms with Gasteiger partial charge in [0.15, 0.2) is 5.82 Å². The van der Waals surface area contributed by atoms with Gasteiger partial charge in [-0.2, -0.15) is 15.0 Å². The first-order valence-electron chi connectivity index (χ1n) is 10.5. The summed E-state index contributed by atoms with van der Waals surface area (Å²) in [5.41, 5.74) is 8.42. The van der Waals surface area contributed by atoms with Crippen molar-refractivity contribution in [1.82, 2.24) is 24.5 Å². The summed E-state index contributed by atoms with van der Waals surface area (Å²) < 4.78 is 6.84. The second-order valence-electron chi connectivity index (χ2n) is 7.54. The average molecular weight is 472 g/mol. The van der Waals surface area contributed by atoms with Crippen LogP contribution in [-0.4, -0.2) is 31.6 Å². The predicted octanol–water partition coefficient (Wildman–Crippen LogP) is 4.00. The summed E-state index contributed by atoms with van der Waals surface area (Å²) in [7, 11) is 1.58. The number of hydrogen-bond acceptors (Lipinski definition) is 9. The number of benzene rings is 2. The van der Waals surface area contributed by atoms with Crippen molar-refractivity contribution in [2.75, 3.05) is 18.2 Å². The van der Waals surface area contributed by atoms with Crippen LogP contribution in [0.15, 0.2) is 65.7 Å². The molecule has 0 fully saturated rings. The molecule has 5 rings (SSSR count). The van der Waals surface area contributed by atoms with Crippen LogP contribution in [0.2, 0.25) is 0 Å². The van der Waals surface area contributed by atoms with Crippen LogP contribution in [0.5, 0.6) is 5.75 Å². The number of anilines is 3. The van der Waals surface area contributed by atoms with Crippen LogP contribution < -0.4 is 21.3 Å². The zero-order valence-corrected chi connectivity index (χ0v) is 19.3. The normalized spacial score (nSPS) is 11.0. The molecule has 0 spiro atoms. The molecule has 0 aliphatic carbocycles. The van der Waals surface area contributed by atoms with Crippen LogP contribution in [0.1, 0.15) is 11.4 Å². The second kappa shape index (κ2) is 8.91. The van der Waals surface area contributed by atoms with E-state index in [1.807, 2.05) is 61.5 Å². The Morgan fingerprint density at radius 3 is 2.62 bits per heavy atom. The predicted molar refractivity (Wildman–Crippen MR) is 134 cm³/mol. The summed E-state index contributed by atoms with van der Waals surface area (Å²) in [6.45, 7) is 2.05. The van der Waals surface area contributed by atoms with Crippen LogP contribution in [-0.2, 0) is 6.54 Å². The number of rotatable bonds is 6. The fourth-order valence-corrected chi connectivity index (χ4v) is 4.87. The number of nitrogens with two attached hydrogens (primary N) is 1. The fourth-order valence-electron chi connectivity index (χ4n) is 3.72. The number of aromatic nitrogens is 5. The maximum Gasteiger partial charge on any atom is 0.262 e. The number of nitrogens with one attached hydrogen (secondary N) is 1. The first-order valence-corrected chi connectivity index (χ1v) is 11.3. The topological polar surface area (TPSA) is 121 Å². The average Bonchev–Trinajstić information content (AvgIpc) is 3.18. The van der Waals surface area contributed by atoms with E-state index in [4.69, 9.17) is 10.5 Å². The van der Waals surface area contributed by atoms with Gasteiger partial charge in [0, 0.05) is 4.88 Å². The lowest BCUT2D eigenvalue weighted by Gasteiger charge is -2.11. The number of thiophene rings is 1. The summed E-state index contributed by atoms with van der Waals surface area (Å²) in [5.74, 6) is 1.27. The molecule has 5 aromatic rings. The Balaban J connectivity index is 1.49. The zero-order chi connectivity index (χ0) is 23.7. The first-order chi connectivity index (χ1) is 16.5. The van der Waals surface area contributed by atoms with Gasteiger partial charge in [-0.3, -0.25) is 9.36 Å². The molecule has 0 aliphatic heterocycles. The number of aryl methyl sites for hydroxylation is 1. The Hall–Kier alpha value is -4.31. The van der Waals surface area contributed by atoms with E-state index >= 15 is 0 Å². The highest BCUT2D eigenvalue weighted by molar-refractivity contribution is 7.22. The number of fused-ring (bicyclic) bond motifs is 1. The van der Waals surface area contributed by atoms with Gasteiger partial charge in [0.1, 0.15) is 10.6 Å². The molecule has 0 saturated carbocycles. The van der Waals surface area contributed by atoms with Crippen LogP contribution in [0, 0.1) is 6.92 Å². The van der Waals surface area contributed by atoms with Crippen LogP contribution in [0.3, 0.4) is 0 Å². The summed E-state index contributed by atoms with van der Waals surface area (Å²) >= 11 is 1.51. The maximum absolute atomic E-state index is 13.3. The molecule has 3 aromatic heterocycles. The Kier molecular flexibility index (Phi) is 5.64. The monoisotopic (exact) mass is 471 g/mol. The maximum atomic E-state index is 13.3. The number of nitrogens with zero attached hydrogens (tertiary/aromatic N) is 5. The molecule has 34 heavy (non-hydrogen) atoms. The van der Waals surface area contributed by atoms with Gasteiger partial charge in [0.25, 0.3) is 5.56 Å². The lowest BCUT2D eigenvalue weighted by atomic mass is 10.1. The fraction of sp³-hybridized carbons (Fsp3) is 0.125. The van der Waals surface area contributed by atoms with Crippen molar-refractivity contribution in [3.05, 3.63) is 82.7 Å². The zero-order valence-electron chi connectivity index (χ0n) is 18.5. The SMILES string of the molecule is COc1ccccc1Nc1nc(N)nc(Cn2cnc3sc(-c4ccccc4)c(C)c3c2=O)n1. The van der Waals surface area contributed by atoms with Gasteiger partial charge >= 0.3 is 0 Å². The molecule has 3 N–H and O–H groups in total. The van der Waals surface area contributed by atoms with E-state index in [0.717, 1.165) is 16.0 Å². The third-order valence-corrected chi connectivity index (χ3v) is 6.57. The van der Waals surface area contributed by atoms with Crippen molar-refractivity contribution >= 4 is 39.1 Å². The Bertz CT molecular complexity index is 1550. The summed E-state index contributed by atoms with van der Waals surface area (Å²) in [5, 5.41) is 3.69. The highest BCUT2D eigenvalue weighted by Crippen LogP contribution is 2.35. The van der Waals surface area contributed by atoms with E-state index in [0.29, 0.717) is 27.5 Å². The van der Waals surface area contributed by atoms with Crippen molar-refractivity contribution in [3.63, 3.8) is 0 Å². The lowest BCUT2D eigenvalue weighted by molar-refractivity contribution is 0.417. The van der Waals surface area contributed by atoms with Crippen LogP contribution >= 0.6 is 11.3 Å². The quantitative estimate of drug-likeness (QED) is 0.381. The third kappa shape index (κ3) is 4.06. The molecule has 0 saturated heterocycles. The van der Waals surface area contributed by atoms with Crippen molar-refractivity contribution in [1.29, 1.82) is 0 Å². The van der Waals surface area contributed by atoms with Crippen molar-refractivity contribution in [2.24, 2.45) is 0 Å². The van der Waals surface area contributed by atoms with Gasteiger partial charge in [0.05, 0.1) is 31.1 Å². The van der Waals surface area contributed by atoms with Gasteiger partial charge in [-0.25, -0.2) is 4.98 Å². The molecular formula is C24H21N7O2S. The summed E-state index contributed by atoms with van der Waals surface area (Å²) in [4.78, 5) is 32.4. The van der Waals surface area contributed by atoms with E-state index in [9.17, 15) is 4.79 Å². The van der Waals surface area contributed by atoms with Crippen molar-refractivity contribution in [2.45, 2.75) is 13.5 Å². The molecule has 9 nitrogen and oxygen atoms in total. The summed E-state index contributed by atoms with van der Waals surface area (Å²) in [6, 6.07) is 17.4. The van der Waals surface area contributed by atoms with E-state index in [-0.39, 0.29) is 24.0 Å². The number of hydrogen-bond donors (Lipinski definition) is 2. The van der Waals surface area contributed by atoms with Crippen LogP contribution in [0.4, 0.5) is 17.6 Å². The largest absolute Gasteiger partial charge is 0.495 e. The molecule has 0 aliphatic rings. The first kappa shape index (κ1) is 21.5. The lowest BCUT2D eigenvalue weighted by Crippen LogP contribution is -2.22. The van der Waals surface area contributed by atoms with Crippen LogP contribution in [0.25, 0.3) is 20.7 Å². The Labute approximate surface area is 198 Å². The number of nitrogen functional groups attached to an aromatic ring is 1. The molecule has 0 atom stereocenters. The smallest absolute Gasteiger partial charge is 0.262 e. The number of para-hydroxylation sites is 2. The highest BCUT2D eigenvalue weighted by atomic mass is 32.1. The minimum Gasteiger partial charge on any atom is -0.495 e. The Morgan fingerprint density at radius 1 is 1.06 bits per heavy atom. The van der Waals surface area contributed by atoms with E-state index in [2.05, 4.69) is 25.3 Å². The van der Waals surface area contributed by atoms with Gasteiger partial charge in [-0.1, -0.05) is 42.5 Å². The molecule has 3 heterocycles. The van der Waals surface area contributed by atoms with E-state index in [1.54, 1.807) is 7.11 Å². The molecule has 0 amide bonds. The molecule has 2 aromatic carbocycles. The van der Waals surface area contributed by atoms with Crippen molar-refractivity contribution in [3.8, 4) is 16.2 Å². The molecular weight excluding hydrogens is 450 g/mol. The minimum atomic E-state index is -0.154. The molecule has 0 bridgehead atoms. The third-order valence-electron chi connectivity index (χ3n) is 5.32. The molecule has 0 unspecified atom stereocenters. The molecule has 170 valence electrons. The van der Waals surface area contributed by atoms with Crippen molar-refractivity contribution < 1.29 is 4.74 Å². The number of ether oxygens (including phenoxy) is 1. The van der Waals surface area contributed by atoms with E-state index < -0.39 is 0 Å². The van der Waals surface area contributed by atoms with Gasteiger partial charge < -0.3 is 15.8 Å². The summed E-state index contributed by atoms with van der Waals surface area (Å²) in [6.07, 6.45) is 1.52. The number of methoxy groups -OCH3 is 1. The standard InChI is InChI=1S/C24H21N7O2S/c1-14-19-21(34-20(14)15-8-4-3-5-9-15)26-13-31(22(19)32)12-18-28-23(25)30-24(29-18)27-16-10-6-7-11-17(16)33-2/h3-11,13H,12H2,1-2H3,(H3,25,27,28,29,30). The minimum absolute atomic E-state index is 0.0440. The highest BCUT2D eigenvalue weighted by Gasteiger charge is 2.17. The van der Waals surface area contributed by atoms with E-state index in [1.165, 1.54) is 22.2 Å². The van der Waals surface area contributed by atoms with Gasteiger partial charge in [-0.05, 0) is 30.2 Å². The second-order valence-corrected chi connectivity index (χ2v) is 8.54.